The van der Waals surface area contributed by atoms with Gasteiger partial charge in [-0.1, -0.05) is 36.4 Å². The number of aliphatic carboxylic acids is 1. The van der Waals surface area contributed by atoms with Crippen molar-refractivity contribution < 1.29 is 14.7 Å². The fourth-order valence-electron chi connectivity index (χ4n) is 2.57. The largest absolute Gasteiger partial charge is 0.480 e. The molecule has 0 aliphatic rings. The number of nitrogens with one attached hydrogen (secondary N) is 1. The number of thioether (sulfide) groups is 1. The second-order valence-electron chi connectivity index (χ2n) is 5.82. The quantitative estimate of drug-likeness (QED) is 0.653. The first-order chi connectivity index (χ1) is 12.5. The predicted octanol–water partition coefficient (Wildman–Crippen LogP) is 3.52. The van der Waals surface area contributed by atoms with E-state index in [9.17, 15) is 14.7 Å². The topological polar surface area (TPSA) is 79.3 Å². The Balaban J connectivity index is 1.76. The number of aromatic nitrogens is 1. The maximum Gasteiger partial charge on any atom is 0.327 e. The summed E-state index contributed by atoms with van der Waals surface area (Å²) in [6.45, 7) is 1.91. The van der Waals surface area contributed by atoms with Gasteiger partial charge in [-0.05, 0) is 31.2 Å². The molecule has 0 radical (unpaired) electrons. The highest BCUT2D eigenvalue weighted by Crippen LogP contribution is 2.28. The number of carboxylic acids is 1. The first-order valence-corrected chi connectivity index (χ1v) is 9.11. The number of pyridine rings is 1. The minimum Gasteiger partial charge on any atom is -0.480 e. The third-order valence-electron chi connectivity index (χ3n) is 3.85. The van der Waals surface area contributed by atoms with Crippen LogP contribution in [0.25, 0.3) is 10.9 Å². The minimum absolute atomic E-state index is 0.224. The van der Waals surface area contributed by atoms with Gasteiger partial charge in [-0.3, -0.25) is 9.78 Å². The van der Waals surface area contributed by atoms with Crippen LogP contribution in [0.4, 0.5) is 0 Å². The number of aryl methyl sites for hydroxylation is 1. The van der Waals surface area contributed by atoms with E-state index in [1.807, 2.05) is 37.3 Å². The van der Waals surface area contributed by atoms with E-state index >= 15 is 0 Å². The zero-order chi connectivity index (χ0) is 18.5. The van der Waals surface area contributed by atoms with Crippen molar-refractivity contribution >= 4 is 34.5 Å². The van der Waals surface area contributed by atoms with Gasteiger partial charge in [0.15, 0.2) is 0 Å². The molecule has 6 heteroatoms. The lowest BCUT2D eigenvalue weighted by molar-refractivity contribution is -0.138. The number of carboxylic acid groups (broad SMARTS) is 1. The van der Waals surface area contributed by atoms with Crippen LogP contribution < -0.4 is 5.32 Å². The molecule has 2 aromatic carbocycles. The summed E-state index contributed by atoms with van der Waals surface area (Å²) < 4.78 is 0. The molecule has 0 aliphatic carbocycles. The van der Waals surface area contributed by atoms with Crippen molar-refractivity contribution in [3.63, 3.8) is 0 Å². The minimum atomic E-state index is -1.06. The van der Waals surface area contributed by atoms with Gasteiger partial charge in [0, 0.05) is 27.3 Å². The van der Waals surface area contributed by atoms with Crippen LogP contribution in [-0.4, -0.2) is 33.8 Å². The summed E-state index contributed by atoms with van der Waals surface area (Å²) >= 11 is 1.40. The Labute approximate surface area is 155 Å². The molecular formula is C20H18N2O3S. The van der Waals surface area contributed by atoms with Crippen molar-refractivity contribution in [2.45, 2.75) is 17.9 Å². The van der Waals surface area contributed by atoms with Crippen LogP contribution in [0.2, 0.25) is 0 Å². The van der Waals surface area contributed by atoms with Crippen molar-refractivity contribution in [1.29, 1.82) is 0 Å². The molecule has 1 heterocycles. The zero-order valence-corrected chi connectivity index (χ0v) is 15.0. The molecule has 0 aliphatic heterocycles. The molecule has 5 nitrogen and oxygen atoms in total. The molecule has 132 valence electrons. The summed E-state index contributed by atoms with van der Waals surface area (Å²) in [5, 5.41) is 13.0. The lowest BCUT2D eigenvalue weighted by atomic mass is 10.2. The summed E-state index contributed by atoms with van der Waals surface area (Å²) in [5.41, 5.74) is 2.18. The van der Waals surface area contributed by atoms with E-state index in [0.29, 0.717) is 5.56 Å². The van der Waals surface area contributed by atoms with Gasteiger partial charge < -0.3 is 10.4 Å². The van der Waals surface area contributed by atoms with Crippen molar-refractivity contribution in [1.82, 2.24) is 10.3 Å². The van der Waals surface area contributed by atoms with Gasteiger partial charge in [0.2, 0.25) is 0 Å². The van der Waals surface area contributed by atoms with E-state index in [1.54, 1.807) is 30.3 Å². The van der Waals surface area contributed by atoms with Crippen molar-refractivity contribution in [2.75, 3.05) is 5.75 Å². The van der Waals surface area contributed by atoms with Gasteiger partial charge in [0.1, 0.15) is 6.04 Å². The monoisotopic (exact) mass is 366 g/mol. The van der Waals surface area contributed by atoms with Gasteiger partial charge >= 0.3 is 5.97 Å². The summed E-state index contributed by atoms with van der Waals surface area (Å²) in [7, 11) is 0. The average molecular weight is 366 g/mol. The molecule has 1 unspecified atom stereocenters. The van der Waals surface area contributed by atoms with E-state index in [2.05, 4.69) is 10.3 Å². The van der Waals surface area contributed by atoms with Crippen LogP contribution in [-0.2, 0) is 4.79 Å². The Kier molecular flexibility index (Phi) is 5.53. The van der Waals surface area contributed by atoms with Gasteiger partial charge in [0.05, 0.1) is 5.52 Å². The van der Waals surface area contributed by atoms with Crippen LogP contribution in [0.5, 0.6) is 0 Å². The lowest BCUT2D eigenvalue weighted by Crippen LogP contribution is -2.42. The summed E-state index contributed by atoms with van der Waals surface area (Å²) in [5.74, 6) is -1.23. The molecule has 2 N–H and O–H groups in total. The normalized spacial score (nSPS) is 11.9. The van der Waals surface area contributed by atoms with Crippen molar-refractivity contribution in [2.24, 2.45) is 0 Å². The highest BCUT2D eigenvalue weighted by molar-refractivity contribution is 7.99. The fourth-order valence-corrected chi connectivity index (χ4v) is 3.72. The molecule has 1 aromatic heterocycles. The second kappa shape index (κ2) is 8.01. The standard InChI is InChI=1S/C20H18N2O3S/c1-13-11-18(15-9-5-6-10-16(15)21-13)26-12-17(20(24)25)22-19(23)14-7-3-2-4-8-14/h2-11,17H,12H2,1H3,(H,22,23)(H,24,25). The number of rotatable bonds is 6. The Morgan fingerprint density at radius 3 is 2.54 bits per heavy atom. The number of amides is 1. The summed E-state index contributed by atoms with van der Waals surface area (Å²) in [4.78, 5) is 29.3. The molecule has 26 heavy (non-hydrogen) atoms. The Morgan fingerprint density at radius 1 is 1.12 bits per heavy atom. The molecule has 3 aromatic rings. The molecule has 0 saturated heterocycles. The van der Waals surface area contributed by atoms with E-state index in [4.69, 9.17) is 0 Å². The van der Waals surface area contributed by atoms with Crippen molar-refractivity contribution in [3.8, 4) is 0 Å². The highest BCUT2D eigenvalue weighted by atomic mass is 32.2. The number of para-hydroxylation sites is 1. The third kappa shape index (κ3) is 4.21. The number of nitrogens with zero attached hydrogens (tertiary/aromatic N) is 1. The lowest BCUT2D eigenvalue weighted by Gasteiger charge is -2.15. The summed E-state index contributed by atoms with van der Waals surface area (Å²) in [6.07, 6.45) is 0. The molecule has 0 saturated carbocycles. The fraction of sp³-hybridized carbons (Fsp3) is 0.150. The maximum atomic E-state index is 12.2. The first-order valence-electron chi connectivity index (χ1n) is 8.12. The molecule has 1 amide bonds. The van der Waals surface area contributed by atoms with Crippen LogP contribution in [0, 0.1) is 6.92 Å². The predicted molar refractivity (Wildman–Crippen MR) is 103 cm³/mol. The van der Waals surface area contributed by atoms with E-state index in [-0.39, 0.29) is 5.75 Å². The number of benzene rings is 2. The van der Waals surface area contributed by atoms with E-state index in [0.717, 1.165) is 21.5 Å². The highest BCUT2D eigenvalue weighted by Gasteiger charge is 2.21. The molecule has 1 atom stereocenters. The molecule has 3 rings (SSSR count). The van der Waals surface area contributed by atoms with Crippen LogP contribution in [0.1, 0.15) is 16.1 Å². The maximum absolute atomic E-state index is 12.2. The van der Waals surface area contributed by atoms with E-state index in [1.165, 1.54) is 11.8 Å². The number of fused-ring (bicyclic) bond motifs is 1. The Hall–Kier alpha value is -2.86. The Morgan fingerprint density at radius 2 is 1.81 bits per heavy atom. The zero-order valence-electron chi connectivity index (χ0n) is 14.2. The van der Waals surface area contributed by atoms with Gasteiger partial charge in [-0.15, -0.1) is 11.8 Å². The van der Waals surface area contributed by atoms with Crippen LogP contribution in [0.15, 0.2) is 65.6 Å². The van der Waals surface area contributed by atoms with Gasteiger partial charge in [0.25, 0.3) is 5.91 Å². The average Bonchev–Trinajstić information content (AvgIpc) is 2.65. The molecule has 0 spiro atoms. The number of carbonyl (C=O) groups excluding carboxylic acids is 1. The van der Waals surface area contributed by atoms with Crippen molar-refractivity contribution in [3.05, 3.63) is 71.9 Å². The van der Waals surface area contributed by atoms with Gasteiger partial charge in [-0.25, -0.2) is 4.79 Å². The summed E-state index contributed by atoms with van der Waals surface area (Å²) in [6, 6.07) is 17.3. The molecule has 0 fully saturated rings. The third-order valence-corrected chi connectivity index (χ3v) is 5.00. The smallest absolute Gasteiger partial charge is 0.327 e. The number of hydrogen-bond donors (Lipinski definition) is 2. The molecular weight excluding hydrogens is 348 g/mol. The second-order valence-corrected chi connectivity index (χ2v) is 6.88. The van der Waals surface area contributed by atoms with Gasteiger partial charge in [-0.2, -0.15) is 0 Å². The van der Waals surface area contributed by atoms with Crippen LogP contribution >= 0.6 is 11.8 Å². The first kappa shape index (κ1) is 17.9. The SMILES string of the molecule is Cc1cc(SCC(NC(=O)c2ccccc2)C(=O)O)c2ccccc2n1. The number of hydrogen-bond acceptors (Lipinski definition) is 4. The van der Waals surface area contributed by atoms with E-state index < -0.39 is 17.9 Å². The molecule has 0 bridgehead atoms. The van der Waals surface area contributed by atoms with Crippen LogP contribution in [0.3, 0.4) is 0 Å². The Bertz CT molecular complexity index is 944. The number of carbonyl (C=O) groups is 2.